The van der Waals surface area contributed by atoms with Crippen LogP contribution >= 0.6 is 0 Å². The van der Waals surface area contributed by atoms with Crippen LogP contribution in [0.1, 0.15) is 32.2 Å². The van der Waals surface area contributed by atoms with E-state index >= 15 is 0 Å². The minimum Gasteiger partial charge on any atom is -0.486 e. The van der Waals surface area contributed by atoms with Gasteiger partial charge in [-0.25, -0.2) is 0 Å². The predicted octanol–water partition coefficient (Wildman–Crippen LogP) is 3.19. The molecule has 0 saturated heterocycles. The van der Waals surface area contributed by atoms with E-state index in [-0.39, 0.29) is 24.1 Å². The summed E-state index contributed by atoms with van der Waals surface area (Å²) in [5, 5.41) is 9.26. The van der Waals surface area contributed by atoms with E-state index in [9.17, 15) is 9.59 Å². The molecule has 0 aliphatic rings. The van der Waals surface area contributed by atoms with Crippen molar-refractivity contribution in [3.05, 3.63) is 77.2 Å². The Bertz CT molecular complexity index is 998. The number of methoxy groups -OCH3 is 1. The number of anilines is 1. The van der Waals surface area contributed by atoms with Crippen molar-refractivity contribution in [2.45, 2.75) is 13.5 Å². The number of carbonyl (C=O) groups excluding carboxylic acids is 2. The zero-order valence-corrected chi connectivity index (χ0v) is 16.8. The van der Waals surface area contributed by atoms with Gasteiger partial charge in [0.05, 0.1) is 6.61 Å². The van der Waals surface area contributed by atoms with Gasteiger partial charge in [-0.15, -0.1) is 0 Å². The third-order valence-electron chi connectivity index (χ3n) is 4.27. The fourth-order valence-corrected chi connectivity index (χ4v) is 2.66. The molecular formula is C22H23N3O5. The second-order valence-corrected chi connectivity index (χ2v) is 6.51. The first kappa shape index (κ1) is 21.1. The first-order valence-corrected chi connectivity index (χ1v) is 9.39. The van der Waals surface area contributed by atoms with Gasteiger partial charge in [-0.2, -0.15) is 0 Å². The standard InChI is InChI=1S/C22H23N3O5/c1-15-5-3-4-6-19(15)21(26)24-16-7-9-17(10-8-16)29-14-18-13-20(25-30-18)22(27)23-11-12-28-2/h3-10,13H,11-12,14H2,1-2H3,(H,23,27)(H,24,26). The molecule has 1 aromatic heterocycles. The number of ether oxygens (including phenoxy) is 2. The minimum absolute atomic E-state index is 0.118. The van der Waals surface area contributed by atoms with E-state index in [0.717, 1.165) is 5.56 Å². The Morgan fingerprint density at radius 1 is 1.07 bits per heavy atom. The highest BCUT2D eigenvalue weighted by atomic mass is 16.5. The van der Waals surface area contributed by atoms with Gasteiger partial charge < -0.3 is 24.6 Å². The van der Waals surface area contributed by atoms with Crippen molar-refractivity contribution in [2.24, 2.45) is 0 Å². The topological polar surface area (TPSA) is 103 Å². The van der Waals surface area contributed by atoms with Crippen molar-refractivity contribution in [3.63, 3.8) is 0 Å². The van der Waals surface area contributed by atoms with Gasteiger partial charge in [0.2, 0.25) is 0 Å². The molecule has 8 heteroatoms. The summed E-state index contributed by atoms with van der Waals surface area (Å²) in [5.41, 5.74) is 2.38. The predicted molar refractivity (Wildman–Crippen MR) is 111 cm³/mol. The second-order valence-electron chi connectivity index (χ2n) is 6.51. The maximum Gasteiger partial charge on any atom is 0.273 e. The van der Waals surface area contributed by atoms with Gasteiger partial charge >= 0.3 is 0 Å². The molecule has 0 unspecified atom stereocenters. The highest BCUT2D eigenvalue weighted by Gasteiger charge is 2.13. The zero-order valence-electron chi connectivity index (χ0n) is 16.8. The van der Waals surface area contributed by atoms with Crippen molar-refractivity contribution in [1.29, 1.82) is 0 Å². The van der Waals surface area contributed by atoms with E-state index in [2.05, 4.69) is 15.8 Å². The third kappa shape index (κ3) is 5.68. The van der Waals surface area contributed by atoms with Crippen LogP contribution in [0.3, 0.4) is 0 Å². The first-order chi connectivity index (χ1) is 14.6. The molecule has 0 aliphatic carbocycles. The summed E-state index contributed by atoms with van der Waals surface area (Å²) in [6.07, 6.45) is 0. The molecule has 0 bridgehead atoms. The van der Waals surface area contributed by atoms with Crippen molar-refractivity contribution in [2.75, 3.05) is 25.6 Å². The van der Waals surface area contributed by atoms with Gasteiger partial charge in [0.1, 0.15) is 12.4 Å². The monoisotopic (exact) mass is 409 g/mol. The van der Waals surface area contributed by atoms with Crippen LogP contribution in [0.2, 0.25) is 0 Å². The summed E-state index contributed by atoms with van der Waals surface area (Å²) in [4.78, 5) is 24.3. The Labute approximate surface area is 174 Å². The number of rotatable bonds is 9. The number of nitrogens with one attached hydrogen (secondary N) is 2. The van der Waals surface area contributed by atoms with E-state index in [1.54, 1.807) is 37.4 Å². The van der Waals surface area contributed by atoms with Gasteiger partial charge in [-0.3, -0.25) is 9.59 Å². The number of hydrogen-bond acceptors (Lipinski definition) is 6. The number of benzene rings is 2. The van der Waals surface area contributed by atoms with E-state index in [1.165, 1.54) is 6.07 Å². The highest BCUT2D eigenvalue weighted by molar-refractivity contribution is 6.05. The summed E-state index contributed by atoms with van der Waals surface area (Å²) in [7, 11) is 1.56. The van der Waals surface area contributed by atoms with Gasteiger partial charge in [-0.1, -0.05) is 23.4 Å². The summed E-state index contributed by atoms with van der Waals surface area (Å²) in [6.45, 7) is 2.82. The molecule has 0 atom stereocenters. The Balaban J connectivity index is 1.51. The van der Waals surface area contributed by atoms with Crippen LogP contribution in [0.15, 0.2) is 59.1 Å². The number of aromatic nitrogens is 1. The highest BCUT2D eigenvalue weighted by Crippen LogP contribution is 2.19. The lowest BCUT2D eigenvalue weighted by molar-refractivity contribution is 0.0927. The van der Waals surface area contributed by atoms with Crippen LogP contribution in [0.4, 0.5) is 5.69 Å². The van der Waals surface area contributed by atoms with Crippen LogP contribution in [0.5, 0.6) is 5.75 Å². The number of aryl methyl sites for hydroxylation is 1. The third-order valence-corrected chi connectivity index (χ3v) is 4.27. The Kier molecular flexibility index (Phi) is 7.18. The molecule has 0 saturated carbocycles. The molecule has 3 aromatic rings. The molecule has 156 valence electrons. The van der Waals surface area contributed by atoms with Gasteiger partial charge in [0.25, 0.3) is 11.8 Å². The summed E-state index contributed by atoms with van der Waals surface area (Å²) in [5.74, 6) is 0.505. The van der Waals surface area contributed by atoms with Crippen molar-refractivity contribution < 1.29 is 23.6 Å². The molecule has 0 aliphatic heterocycles. The van der Waals surface area contributed by atoms with Gasteiger partial charge in [-0.05, 0) is 42.8 Å². The SMILES string of the molecule is COCCNC(=O)c1cc(COc2ccc(NC(=O)c3ccccc3C)cc2)on1. The minimum atomic E-state index is -0.337. The van der Waals surface area contributed by atoms with Crippen LogP contribution in [0, 0.1) is 6.92 Å². The van der Waals surface area contributed by atoms with E-state index in [0.29, 0.717) is 35.9 Å². The van der Waals surface area contributed by atoms with Crippen LogP contribution in [0.25, 0.3) is 0 Å². The Morgan fingerprint density at radius 3 is 2.57 bits per heavy atom. The van der Waals surface area contributed by atoms with Crippen LogP contribution < -0.4 is 15.4 Å². The van der Waals surface area contributed by atoms with Crippen LogP contribution in [-0.2, 0) is 11.3 Å². The molecule has 30 heavy (non-hydrogen) atoms. The van der Waals surface area contributed by atoms with Crippen molar-refractivity contribution >= 4 is 17.5 Å². The lowest BCUT2D eigenvalue weighted by atomic mass is 10.1. The van der Waals surface area contributed by atoms with E-state index in [4.69, 9.17) is 14.0 Å². The second kappa shape index (κ2) is 10.2. The number of nitrogens with zero attached hydrogens (tertiary/aromatic N) is 1. The lowest BCUT2D eigenvalue weighted by Gasteiger charge is -2.09. The van der Waals surface area contributed by atoms with Crippen molar-refractivity contribution in [3.8, 4) is 5.75 Å². The average molecular weight is 409 g/mol. The molecule has 2 aromatic carbocycles. The quantitative estimate of drug-likeness (QED) is 0.526. The average Bonchev–Trinajstić information content (AvgIpc) is 3.23. The normalized spacial score (nSPS) is 10.5. The summed E-state index contributed by atoms with van der Waals surface area (Å²) < 4.78 is 15.7. The molecule has 2 amide bonds. The van der Waals surface area contributed by atoms with Crippen molar-refractivity contribution in [1.82, 2.24) is 10.5 Å². The fraction of sp³-hybridized carbons (Fsp3) is 0.227. The maximum absolute atomic E-state index is 12.4. The molecule has 2 N–H and O–H groups in total. The Morgan fingerprint density at radius 2 is 1.83 bits per heavy atom. The van der Waals surface area contributed by atoms with Gasteiger partial charge in [0, 0.05) is 31.0 Å². The van der Waals surface area contributed by atoms with E-state index < -0.39 is 0 Å². The lowest BCUT2D eigenvalue weighted by Crippen LogP contribution is -2.27. The Hall–Kier alpha value is -3.65. The van der Waals surface area contributed by atoms with Crippen LogP contribution in [-0.4, -0.2) is 37.2 Å². The zero-order chi connectivity index (χ0) is 21.3. The number of amides is 2. The molecule has 3 rings (SSSR count). The smallest absolute Gasteiger partial charge is 0.273 e. The molecule has 0 radical (unpaired) electrons. The summed E-state index contributed by atoms with van der Waals surface area (Å²) in [6, 6.07) is 15.9. The first-order valence-electron chi connectivity index (χ1n) is 9.39. The maximum atomic E-state index is 12.4. The number of hydrogen-bond donors (Lipinski definition) is 2. The summed E-state index contributed by atoms with van der Waals surface area (Å²) >= 11 is 0. The van der Waals surface area contributed by atoms with Gasteiger partial charge in [0.15, 0.2) is 11.5 Å². The molecule has 0 fully saturated rings. The largest absolute Gasteiger partial charge is 0.486 e. The molecular weight excluding hydrogens is 386 g/mol. The number of carbonyl (C=O) groups is 2. The molecule has 0 spiro atoms. The van der Waals surface area contributed by atoms with E-state index in [1.807, 2.05) is 25.1 Å². The molecule has 8 nitrogen and oxygen atoms in total. The molecule has 1 heterocycles. The fourth-order valence-electron chi connectivity index (χ4n) is 2.66.